The number of amides is 1. The molecule has 0 radical (unpaired) electrons. The van der Waals surface area contributed by atoms with Crippen molar-refractivity contribution in [2.24, 2.45) is 11.8 Å². The molecule has 1 fully saturated rings. The van der Waals surface area contributed by atoms with Crippen LogP contribution in [-0.4, -0.2) is 40.2 Å². The first-order valence-electron chi connectivity index (χ1n) is 10.5. The fourth-order valence-electron chi connectivity index (χ4n) is 3.35. The van der Waals surface area contributed by atoms with Crippen LogP contribution >= 0.6 is 0 Å². The molecule has 1 amide bonds. The molecule has 0 unspecified atom stereocenters. The summed E-state index contributed by atoms with van der Waals surface area (Å²) in [5.41, 5.74) is 2.44. The van der Waals surface area contributed by atoms with Gasteiger partial charge in [0.15, 0.2) is 11.6 Å². The highest BCUT2D eigenvalue weighted by Gasteiger charge is 2.39. The maximum absolute atomic E-state index is 12.3. The molecule has 0 bridgehead atoms. The molecule has 3 heterocycles. The average molecular weight is 431 g/mol. The van der Waals surface area contributed by atoms with E-state index < -0.39 is 5.60 Å². The van der Waals surface area contributed by atoms with Gasteiger partial charge in [-0.05, 0) is 44.2 Å². The minimum absolute atomic E-state index is 0.0232. The number of fused-ring (bicyclic) bond motifs is 1. The van der Waals surface area contributed by atoms with Crippen LogP contribution in [-0.2, 0) is 15.1 Å². The van der Waals surface area contributed by atoms with Crippen LogP contribution in [0.5, 0.6) is 0 Å². The van der Waals surface area contributed by atoms with Crippen molar-refractivity contribution in [1.29, 1.82) is 0 Å². The van der Waals surface area contributed by atoms with Gasteiger partial charge in [-0.1, -0.05) is 18.9 Å². The number of anilines is 2. The van der Waals surface area contributed by atoms with Gasteiger partial charge in [0.2, 0.25) is 5.91 Å². The second-order valence-corrected chi connectivity index (χ2v) is 8.47. The van der Waals surface area contributed by atoms with Crippen molar-refractivity contribution in [2.75, 3.05) is 24.8 Å². The first-order valence-corrected chi connectivity index (χ1v) is 10.5. The molecule has 8 heteroatoms. The van der Waals surface area contributed by atoms with Crippen molar-refractivity contribution in [3.63, 3.8) is 0 Å². The monoisotopic (exact) mass is 430 g/mol. The molecule has 0 aromatic carbocycles. The quantitative estimate of drug-likeness (QED) is 0.599. The van der Waals surface area contributed by atoms with E-state index in [1.54, 1.807) is 32.6 Å². The fraction of sp³-hybridized carbons (Fsp3) is 0.375. The zero-order valence-electron chi connectivity index (χ0n) is 18.9. The largest absolute Gasteiger partial charge is 0.374 e. The molecule has 0 saturated heterocycles. The predicted octanol–water partition coefficient (Wildman–Crippen LogP) is 3.34. The van der Waals surface area contributed by atoms with E-state index in [-0.39, 0.29) is 11.8 Å². The standard InChI is InChI=1S/C24H26N6O2/c1-14-10-18(14)23(31)28-20-11-19-15(12-27-22(25-4)21(19)30-29-20)6-8-17-9-7-16(13-26-17)24(2,3)32-5/h7,9,11-14,18H,10H2,1-5H3,(H,25,27)(H,28,29,31)/t14-,18+/m1/s1. The Bertz CT molecular complexity index is 1230. The van der Waals surface area contributed by atoms with Gasteiger partial charge in [-0.2, -0.15) is 0 Å². The summed E-state index contributed by atoms with van der Waals surface area (Å²) >= 11 is 0. The molecular formula is C24H26N6O2. The van der Waals surface area contributed by atoms with Gasteiger partial charge in [0, 0.05) is 43.4 Å². The number of aromatic nitrogens is 4. The third-order valence-electron chi connectivity index (χ3n) is 5.86. The lowest BCUT2D eigenvalue weighted by Gasteiger charge is -2.22. The molecule has 0 aliphatic heterocycles. The molecule has 1 aliphatic carbocycles. The van der Waals surface area contributed by atoms with Gasteiger partial charge in [0.25, 0.3) is 0 Å². The lowest BCUT2D eigenvalue weighted by Crippen LogP contribution is -2.19. The normalized spacial score (nSPS) is 17.4. The molecule has 2 N–H and O–H groups in total. The molecule has 1 aliphatic rings. The topological polar surface area (TPSA) is 102 Å². The van der Waals surface area contributed by atoms with Crippen molar-refractivity contribution in [1.82, 2.24) is 20.2 Å². The highest BCUT2D eigenvalue weighted by molar-refractivity contribution is 5.97. The van der Waals surface area contributed by atoms with Gasteiger partial charge in [0.05, 0.1) is 11.2 Å². The van der Waals surface area contributed by atoms with Crippen LogP contribution in [0.15, 0.2) is 30.6 Å². The summed E-state index contributed by atoms with van der Waals surface area (Å²) < 4.78 is 5.49. The number of hydrogen-bond acceptors (Lipinski definition) is 7. The zero-order chi connectivity index (χ0) is 22.9. The maximum Gasteiger partial charge on any atom is 0.228 e. The Labute approximate surface area is 187 Å². The van der Waals surface area contributed by atoms with Gasteiger partial charge >= 0.3 is 0 Å². The number of hydrogen-bond donors (Lipinski definition) is 2. The lowest BCUT2D eigenvalue weighted by atomic mass is 10.00. The Morgan fingerprint density at radius 1 is 1.19 bits per heavy atom. The molecule has 4 rings (SSSR count). The minimum atomic E-state index is -0.417. The zero-order valence-corrected chi connectivity index (χ0v) is 18.9. The van der Waals surface area contributed by atoms with E-state index in [1.165, 1.54) is 0 Å². The third kappa shape index (κ3) is 4.39. The molecule has 2 atom stereocenters. The molecule has 164 valence electrons. The molecule has 3 aromatic rings. The van der Waals surface area contributed by atoms with Crippen molar-refractivity contribution in [2.45, 2.75) is 32.8 Å². The Balaban J connectivity index is 1.66. The minimum Gasteiger partial charge on any atom is -0.374 e. The Morgan fingerprint density at radius 3 is 2.59 bits per heavy atom. The van der Waals surface area contributed by atoms with Crippen LogP contribution in [0.4, 0.5) is 11.6 Å². The molecule has 32 heavy (non-hydrogen) atoms. The number of nitrogens with one attached hydrogen (secondary N) is 2. The molecule has 0 spiro atoms. The van der Waals surface area contributed by atoms with E-state index in [4.69, 9.17) is 4.74 Å². The first-order chi connectivity index (χ1) is 15.3. The van der Waals surface area contributed by atoms with E-state index in [9.17, 15) is 4.79 Å². The van der Waals surface area contributed by atoms with Gasteiger partial charge in [0.1, 0.15) is 11.2 Å². The van der Waals surface area contributed by atoms with Crippen molar-refractivity contribution >= 4 is 28.4 Å². The number of carbonyl (C=O) groups excluding carboxylic acids is 1. The second-order valence-electron chi connectivity index (χ2n) is 8.47. The summed E-state index contributed by atoms with van der Waals surface area (Å²) in [5, 5.41) is 15.1. The van der Waals surface area contributed by atoms with Gasteiger partial charge in [-0.25, -0.2) is 9.97 Å². The molecule has 3 aromatic heterocycles. The highest BCUT2D eigenvalue weighted by atomic mass is 16.5. The first kappa shape index (κ1) is 21.7. The SMILES string of the molecule is CNc1ncc(C#Cc2ccc(C(C)(C)OC)cn2)c2cc(NC(=O)[C@H]3C[C@H]3C)nnc12. The predicted molar refractivity (Wildman–Crippen MR) is 123 cm³/mol. The van der Waals surface area contributed by atoms with E-state index in [2.05, 4.69) is 49.6 Å². The lowest BCUT2D eigenvalue weighted by molar-refractivity contribution is -0.117. The van der Waals surface area contributed by atoms with Crippen molar-refractivity contribution in [3.05, 3.63) is 47.4 Å². The smallest absolute Gasteiger partial charge is 0.228 e. The number of methoxy groups -OCH3 is 1. The van der Waals surface area contributed by atoms with Crippen molar-refractivity contribution in [3.8, 4) is 11.8 Å². The number of rotatable bonds is 5. The fourth-order valence-corrected chi connectivity index (χ4v) is 3.35. The van der Waals surface area contributed by atoms with Crippen LogP contribution in [0.1, 0.15) is 44.0 Å². The third-order valence-corrected chi connectivity index (χ3v) is 5.86. The van der Waals surface area contributed by atoms with Crippen LogP contribution in [0.2, 0.25) is 0 Å². The summed E-state index contributed by atoms with van der Waals surface area (Å²) in [4.78, 5) is 21.1. The van der Waals surface area contributed by atoms with Crippen LogP contribution < -0.4 is 10.6 Å². The summed E-state index contributed by atoms with van der Waals surface area (Å²) in [6, 6.07) is 5.61. The Hall–Kier alpha value is -3.57. The van der Waals surface area contributed by atoms with Crippen LogP contribution in [0.25, 0.3) is 10.9 Å². The van der Waals surface area contributed by atoms with Crippen molar-refractivity contribution < 1.29 is 9.53 Å². The van der Waals surface area contributed by atoms with Gasteiger partial charge < -0.3 is 15.4 Å². The van der Waals surface area contributed by atoms with Gasteiger partial charge in [-0.3, -0.25) is 4.79 Å². The number of ether oxygens (including phenoxy) is 1. The molecular weight excluding hydrogens is 404 g/mol. The second kappa shape index (κ2) is 8.52. The maximum atomic E-state index is 12.3. The summed E-state index contributed by atoms with van der Waals surface area (Å²) in [6.07, 6.45) is 4.36. The summed E-state index contributed by atoms with van der Waals surface area (Å²) in [5.74, 6) is 7.66. The molecule has 8 nitrogen and oxygen atoms in total. The highest BCUT2D eigenvalue weighted by Crippen LogP contribution is 2.38. The summed E-state index contributed by atoms with van der Waals surface area (Å²) in [6.45, 7) is 6.03. The van der Waals surface area contributed by atoms with E-state index in [0.717, 1.165) is 17.4 Å². The van der Waals surface area contributed by atoms with E-state index in [1.807, 2.05) is 26.0 Å². The summed E-state index contributed by atoms with van der Waals surface area (Å²) in [7, 11) is 3.44. The van der Waals surface area contributed by atoms with Crippen LogP contribution in [0.3, 0.4) is 0 Å². The molecule has 1 saturated carbocycles. The number of carbonyl (C=O) groups is 1. The Kier molecular flexibility index (Phi) is 5.76. The number of pyridine rings is 2. The van der Waals surface area contributed by atoms with Gasteiger partial charge in [-0.15, -0.1) is 10.2 Å². The Morgan fingerprint density at radius 2 is 1.97 bits per heavy atom. The van der Waals surface area contributed by atoms with Crippen LogP contribution in [0, 0.1) is 23.7 Å². The average Bonchev–Trinajstić information content (AvgIpc) is 3.54. The number of nitrogens with zero attached hydrogens (tertiary/aromatic N) is 4. The van der Waals surface area contributed by atoms with E-state index >= 15 is 0 Å². The van der Waals surface area contributed by atoms with E-state index in [0.29, 0.717) is 34.3 Å².